The molecule has 5 nitrogen and oxygen atoms in total. The van der Waals surface area contributed by atoms with Crippen LogP contribution in [0, 0.1) is 11.8 Å². The van der Waals surface area contributed by atoms with Gasteiger partial charge in [-0.25, -0.2) is 4.98 Å². The predicted molar refractivity (Wildman–Crippen MR) is 76.1 cm³/mol. The summed E-state index contributed by atoms with van der Waals surface area (Å²) < 4.78 is 0. The molecule has 2 rings (SSSR count). The van der Waals surface area contributed by atoms with Crippen molar-refractivity contribution < 1.29 is 9.90 Å². The summed E-state index contributed by atoms with van der Waals surface area (Å²) in [7, 11) is 1.71. The van der Waals surface area contributed by atoms with Crippen LogP contribution in [0.3, 0.4) is 0 Å². The van der Waals surface area contributed by atoms with Gasteiger partial charge in [0.1, 0.15) is 6.61 Å². The molecule has 0 saturated heterocycles. The first kappa shape index (κ1) is 14.2. The normalized spacial score (nSPS) is 9.70. The van der Waals surface area contributed by atoms with Crippen molar-refractivity contribution in [3.8, 4) is 11.8 Å². The zero-order chi connectivity index (χ0) is 14.4. The number of aliphatic hydroxyl groups is 1. The third kappa shape index (κ3) is 3.41. The maximum Gasteiger partial charge on any atom is 0.255 e. The molecule has 1 amide bonds. The smallest absolute Gasteiger partial charge is 0.255 e. The first-order valence-corrected chi connectivity index (χ1v) is 6.83. The molecule has 0 aliphatic heterocycles. The van der Waals surface area contributed by atoms with Crippen molar-refractivity contribution in [1.29, 1.82) is 0 Å². The summed E-state index contributed by atoms with van der Waals surface area (Å²) in [6.07, 6.45) is 3.07. The first-order chi connectivity index (χ1) is 9.72. The van der Waals surface area contributed by atoms with E-state index in [-0.39, 0.29) is 12.5 Å². The number of aromatic nitrogens is 2. The summed E-state index contributed by atoms with van der Waals surface area (Å²) in [4.78, 5) is 22.1. The van der Waals surface area contributed by atoms with Gasteiger partial charge in [0, 0.05) is 24.8 Å². The quantitative estimate of drug-likeness (QED) is 0.860. The van der Waals surface area contributed by atoms with Crippen LogP contribution in [0.25, 0.3) is 0 Å². The maximum atomic E-state index is 12.4. The molecule has 1 N–H and O–H groups in total. The summed E-state index contributed by atoms with van der Waals surface area (Å²) in [6, 6.07) is 1.63. The largest absolute Gasteiger partial charge is 0.384 e. The van der Waals surface area contributed by atoms with Gasteiger partial charge in [0.2, 0.25) is 0 Å². The van der Waals surface area contributed by atoms with E-state index in [9.17, 15) is 4.79 Å². The fourth-order valence-electron chi connectivity index (χ4n) is 1.65. The van der Waals surface area contributed by atoms with Crippen LogP contribution in [-0.2, 0) is 6.54 Å². The maximum absolute atomic E-state index is 12.4. The zero-order valence-corrected chi connectivity index (χ0v) is 11.7. The summed E-state index contributed by atoms with van der Waals surface area (Å²) in [5.41, 5.74) is 3.57. The van der Waals surface area contributed by atoms with Crippen molar-refractivity contribution in [3.63, 3.8) is 0 Å². The van der Waals surface area contributed by atoms with Crippen LogP contribution in [0.1, 0.15) is 21.6 Å². The van der Waals surface area contributed by atoms with Gasteiger partial charge in [-0.2, -0.15) is 0 Å². The van der Waals surface area contributed by atoms with Crippen molar-refractivity contribution in [1.82, 2.24) is 14.9 Å². The number of nitrogens with zero attached hydrogens (tertiary/aromatic N) is 3. The van der Waals surface area contributed by atoms with E-state index in [1.54, 1.807) is 29.7 Å². The van der Waals surface area contributed by atoms with Gasteiger partial charge in [-0.15, -0.1) is 11.3 Å². The Hall–Kier alpha value is -2.23. The number of carbonyl (C=O) groups is 1. The van der Waals surface area contributed by atoms with Crippen LogP contribution in [0.2, 0.25) is 0 Å². The minimum atomic E-state index is -0.253. The molecule has 0 fully saturated rings. The Morgan fingerprint density at radius 2 is 2.40 bits per heavy atom. The third-order valence-electron chi connectivity index (χ3n) is 2.58. The highest BCUT2D eigenvalue weighted by Gasteiger charge is 2.15. The van der Waals surface area contributed by atoms with Crippen molar-refractivity contribution in [2.75, 3.05) is 13.7 Å². The molecule has 0 aromatic carbocycles. The van der Waals surface area contributed by atoms with Gasteiger partial charge < -0.3 is 10.0 Å². The number of carbonyl (C=O) groups excluding carboxylic acids is 1. The Morgan fingerprint density at radius 3 is 3.10 bits per heavy atom. The van der Waals surface area contributed by atoms with Gasteiger partial charge in [0.15, 0.2) is 0 Å². The number of thiazole rings is 1. The SMILES string of the molecule is CN(Cc1cscn1)C(=O)c1ccncc1C#CCO. The summed E-state index contributed by atoms with van der Waals surface area (Å²) >= 11 is 1.49. The first-order valence-electron chi connectivity index (χ1n) is 5.88. The van der Waals surface area contributed by atoms with Crippen LogP contribution >= 0.6 is 11.3 Å². The number of rotatable bonds is 3. The standard InChI is InChI=1S/C14H13N3O2S/c1-17(8-12-9-20-10-16-12)14(19)13-4-5-15-7-11(13)3-2-6-18/h4-5,7,9-10,18H,6,8H2,1H3. The molecule has 0 atom stereocenters. The molecule has 2 heterocycles. The molecule has 0 aliphatic carbocycles. The predicted octanol–water partition coefficient (Wildman–Crippen LogP) is 1.15. The molecular weight excluding hydrogens is 274 g/mol. The Labute approximate surface area is 120 Å². The van der Waals surface area contributed by atoms with E-state index in [0.29, 0.717) is 17.7 Å². The molecular formula is C14H13N3O2S. The summed E-state index contributed by atoms with van der Waals surface area (Å²) in [5.74, 6) is 5.11. The van der Waals surface area contributed by atoms with E-state index in [4.69, 9.17) is 5.11 Å². The van der Waals surface area contributed by atoms with Gasteiger partial charge in [0.05, 0.1) is 28.9 Å². The van der Waals surface area contributed by atoms with E-state index in [1.165, 1.54) is 17.5 Å². The molecule has 20 heavy (non-hydrogen) atoms. The van der Waals surface area contributed by atoms with Crippen molar-refractivity contribution >= 4 is 17.2 Å². The van der Waals surface area contributed by atoms with E-state index >= 15 is 0 Å². The fourth-order valence-corrected chi connectivity index (χ4v) is 2.20. The highest BCUT2D eigenvalue weighted by molar-refractivity contribution is 7.07. The Morgan fingerprint density at radius 1 is 1.55 bits per heavy atom. The molecule has 2 aromatic heterocycles. The molecule has 0 spiro atoms. The highest BCUT2D eigenvalue weighted by atomic mass is 32.1. The lowest BCUT2D eigenvalue weighted by molar-refractivity contribution is 0.0783. The van der Waals surface area contributed by atoms with Gasteiger partial charge in [-0.3, -0.25) is 9.78 Å². The molecule has 0 saturated carbocycles. The second-order valence-corrected chi connectivity index (χ2v) is 4.74. The number of aliphatic hydroxyl groups excluding tert-OH is 1. The van der Waals surface area contributed by atoms with Gasteiger partial charge in [0.25, 0.3) is 5.91 Å². The van der Waals surface area contributed by atoms with Crippen LogP contribution in [0.15, 0.2) is 29.4 Å². The number of hydrogen-bond donors (Lipinski definition) is 1. The minimum Gasteiger partial charge on any atom is -0.384 e. The van der Waals surface area contributed by atoms with Crippen LogP contribution in [0.4, 0.5) is 0 Å². The van der Waals surface area contributed by atoms with Crippen LogP contribution < -0.4 is 0 Å². The summed E-state index contributed by atoms with van der Waals surface area (Å²) in [5, 5.41) is 10.6. The van der Waals surface area contributed by atoms with E-state index in [1.807, 2.05) is 5.38 Å². The lowest BCUT2D eigenvalue weighted by Gasteiger charge is -2.16. The number of pyridine rings is 1. The van der Waals surface area contributed by atoms with Crippen molar-refractivity contribution in [2.45, 2.75) is 6.54 Å². The molecule has 0 unspecified atom stereocenters. The average Bonchev–Trinajstić information content (AvgIpc) is 2.97. The molecule has 6 heteroatoms. The highest BCUT2D eigenvalue weighted by Crippen LogP contribution is 2.11. The van der Waals surface area contributed by atoms with Gasteiger partial charge >= 0.3 is 0 Å². The Kier molecular flexibility index (Phi) is 4.82. The fraction of sp³-hybridized carbons (Fsp3) is 0.214. The lowest BCUT2D eigenvalue weighted by Crippen LogP contribution is -2.27. The van der Waals surface area contributed by atoms with E-state index < -0.39 is 0 Å². The van der Waals surface area contributed by atoms with E-state index in [0.717, 1.165) is 5.69 Å². The van der Waals surface area contributed by atoms with Crippen LogP contribution in [0.5, 0.6) is 0 Å². The number of hydrogen-bond acceptors (Lipinski definition) is 5. The lowest BCUT2D eigenvalue weighted by atomic mass is 10.1. The molecule has 0 radical (unpaired) electrons. The second-order valence-electron chi connectivity index (χ2n) is 4.02. The minimum absolute atomic E-state index is 0.150. The molecule has 0 bridgehead atoms. The number of amides is 1. The topological polar surface area (TPSA) is 66.3 Å². The molecule has 2 aromatic rings. The van der Waals surface area contributed by atoms with Crippen molar-refractivity contribution in [2.24, 2.45) is 0 Å². The van der Waals surface area contributed by atoms with E-state index in [2.05, 4.69) is 21.8 Å². The Balaban J connectivity index is 2.20. The van der Waals surface area contributed by atoms with Crippen molar-refractivity contribution in [3.05, 3.63) is 46.2 Å². The second kappa shape index (κ2) is 6.80. The Bertz CT molecular complexity index is 644. The van der Waals surface area contributed by atoms with Gasteiger partial charge in [-0.1, -0.05) is 11.8 Å². The third-order valence-corrected chi connectivity index (χ3v) is 3.22. The molecule has 102 valence electrons. The molecule has 0 aliphatic rings. The van der Waals surface area contributed by atoms with Gasteiger partial charge in [-0.05, 0) is 6.07 Å². The monoisotopic (exact) mass is 287 g/mol. The average molecular weight is 287 g/mol. The van der Waals surface area contributed by atoms with Crippen LogP contribution in [-0.4, -0.2) is 39.5 Å². The zero-order valence-electron chi connectivity index (χ0n) is 10.9. The summed E-state index contributed by atoms with van der Waals surface area (Å²) in [6.45, 7) is 0.189.